The third-order valence-corrected chi connectivity index (χ3v) is 3.96. The third-order valence-electron chi connectivity index (χ3n) is 3.96. The van der Waals surface area contributed by atoms with Gasteiger partial charge in [0, 0.05) is 11.0 Å². The van der Waals surface area contributed by atoms with E-state index in [4.69, 9.17) is 4.42 Å². The van der Waals surface area contributed by atoms with Gasteiger partial charge < -0.3 is 14.8 Å². The molecule has 25 heavy (non-hydrogen) atoms. The number of amides is 1. The fourth-order valence-corrected chi connectivity index (χ4v) is 2.20. The minimum Gasteiger partial charge on any atom is -0.479 e. The predicted octanol–water partition coefficient (Wildman–Crippen LogP) is 3.22. The quantitative estimate of drug-likeness (QED) is 0.813. The van der Waals surface area contributed by atoms with Crippen molar-refractivity contribution >= 4 is 18.2 Å². The highest BCUT2D eigenvalue weighted by Gasteiger charge is 2.39. The van der Waals surface area contributed by atoms with E-state index >= 15 is 0 Å². The lowest BCUT2D eigenvalue weighted by molar-refractivity contribution is -0.148. The van der Waals surface area contributed by atoms with Crippen LogP contribution in [0.5, 0.6) is 0 Å². The average molecular weight is 343 g/mol. The van der Waals surface area contributed by atoms with E-state index in [1.165, 1.54) is 6.92 Å². The minimum absolute atomic E-state index is 0.215. The van der Waals surface area contributed by atoms with Gasteiger partial charge in [-0.2, -0.15) is 0 Å². The van der Waals surface area contributed by atoms with Crippen molar-refractivity contribution in [3.63, 3.8) is 0 Å². The van der Waals surface area contributed by atoms with E-state index in [-0.39, 0.29) is 11.7 Å². The SMILES string of the molecule is CC(C)(C)C(=O)NC(C)(C(=O)O)c1ccc(-c2ccc(C=O)o2)cc1. The zero-order valence-corrected chi connectivity index (χ0v) is 14.6. The molecule has 0 bridgehead atoms. The first-order valence-electron chi connectivity index (χ1n) is 7.80. The summed E-state index contributed by atoms with van der Waals surface area (Å²) in [5.74, 6) is -0.793. The van der Waals surface area contributed by atoms with E-state index in [9.17, 15) is 19.5 Å². The number of carbonyl (C=O) groups is 3. The molecule has 1 atom stereocenters. The van der Waals surface area contributed by atoms with E-state index in [1.54, 1.807) is 57.2 Å². The standard InChI is InChI=1S/C19H21NO5/c1-18(2,3)16(22)20-19(4,17(23)24)13-7-5-12(6-8-13)15-10-9-14(11-21)25-15/h5-11H,1-4H3,(H,20,22)(H,23,24). The Hall–Kier alpha value is -2.89. The Morgan fingerprint density at radius 1 is 1.04 bits per heavy atom. The molecule has 132 valence electrons. The Balaban J connectivity index is 2.34. The Labute approximate surface area is 145 Å². The van der Waals surface area contributed by atoms with Crippen LogP contribution < -0.4 is 5.32 Å². The Morgan fingerprint density at radius 2 is 1.64 bits per heavy atom. The number of furan rings is 1. The summed E-state index contributed by atoms with van der Waals surface area (Å²) in [7, 11) is 0. The maximum Gasteiger partial charge on any atom is 0.333 e. The van der Waals surface area contributed by atoms with E-state index < -0.39 is 16.9 Å². The fourth-order valence-electron chi connectivity index (χ4n) is 2.20. The van der Waals surface area contributed by atoms with Gasteiger partial charge >= 0.3 is 5.97 Å². The van der Waals surface area contributed by atoms with Gasteiger partial charge in [0.15, 0.2) is 17.6 Å². The number of rotatable bonds is 5. The van der Waals surface area contributed by atoms with Crippen molar-refractivity contribution < 1.29 is 23.9 Å². The largest absolute Gasteiger partial charge is 0.479 e. The topological polar surface area (TPSA) is 96.6 Å². The molecule has 0 saturated carbocycles. The highest BCUT2D eigenvalue weighted by atomic mass is 16.4. The molecule has 1 unspecified atom stereocenters. The van der Waals surface area contributed by atoms with Gasteiger partial charge in [-0.25, -0.2) is 4.79 Å². The summed E-state index contributed by atoms with van der Waals surface area (Å²) in [5, 5.41) is 12.3. The molecule has 2 N–H and O–H groups in total. The smallest absolute Gasteiger partial charge is 0.333 e. The number of carboxylic acids is 1. The zero-order valence-electron chi connectivity index (χ0n) is 14.6. The Bertz CT molecular complexity index is 798. The third kappa shape index (κ3) is 3.79. The maximum atomic E-state index is 12.3. The van der Waals surface area contributed by atoms with Crippen molar-refractivity contribution in [1.29, 1.82) is 0 Å². The van der Waals surface area contributed by atoms with Crippen LogP contribution in [-0.4, -0.2) is 23.3 Å². The lowest BCUT2D eigenvalue weighted by Crippen LogP contribution is -2.52. The van der Waals surface area contributed by atoms with Crippen LogP contribution >= 0.6 is 0 Å². The van der Waals surface area contributed by atoms with Gasteiger partial charge in [0.25, 0.3) is 0 Å². The van der Waals surface area contributed by atoms with Crippen molar-refractivity contribution in [3.05, 3.63) is 47.7 Å². The van der Waals surface area contributed by atoms with Crippen molar-refractivity contribution in [2.75, 3.05) is 0 Å². The number of aldehydes is 1. The molecule has 1 aromatic heterocycles. The molecule has 0 fully saturated rings. The number of aliphatic carboxylic acids is 1. The molecule has 1 aromatic carbocycles. The summed E-state index contributed by atoms with van der Waals surface area (Å²) in [6.45, 7) is 6.60. The van der Waals surface area contributed by atoms with Gasteiger partial charge in [-0.05, 0) is 24.6 Å². The molecule has 0 aliphatic heterocycles. The van der Waals surface area contributed by atoms with Gasteiger partial charge in [0.1, 0.15) is 5.76 Å². The summed E-state index contributed by atoms with van der Waals surface area (Å²) in [6, 6.07) is 9.84. The van der Waals surface area contributed by atoms with Crippen LogP contribution in [-0.2, 0) is 15.1 Å². The average Bonchev–Trinajstić information content (AvgIpc) is 3.02. The van der Waals surface area contributed by atoms with Crippen LogP contribution in [0.3, 0.4) is 0 Å². The molecule has 1 amide bonds. The summed E-state index contributed by atoms with van der Waals surface area (Å²) >= 11 is 0. The van der Waals surface area contributed by atoms with Gasteiger partial charge in [-0.1, -0.05) is 45.0 Å². The highest BCUT2D eigenvalue weighted by molar-refractivity contribution is 5.90. The van der Waals surface area contributed by atoms with Crippen LogP contribution in [0.15, 0.2) is 40.8 Å². The van der Waals surface area contributed by atoms with Gasteiger partial charge in [0.2, 0.25) is 5.91 Å². The monoisotopic (exact) mass is 343 g/mol. The molecule has 0 radical (unpaired) electrons. The second-order valence-electron chi connectivity index (χ2n) is 7.03. The number of carboxylic acid groups (broad SMARTS) is 1. The maximum absolute atomic E-state index is 12.3. The second kappa shape index (κ2) is 6.55. The Morgan fingerprint density at radius 3 is 2.08 bits per heavy atom. The number of nitrogens with one attached hydrogen (secondary N) is 1. The molecule has 0 aliphatic rings. The van der Waals surface area contributed by atoms with E-state index in [0.29, 0.717) is 23.2 Å². The summed E-state index contributed by atoms with van der Waals surface area (Å²) in [4.78, 5) is 34.8. The molecule has 0 saturated heterocycles. The lowest BCUT2D eigenvalue weighted by Gasteiger charge is -2.30. The molecule has 6 heteroatoms. The van der Waals surface area contributed by atoms with E-state index in [1.807, 2.05) is 0 Å². The molecular weight excluding hydrogens is 322 g/mol. The first kappa shape index (κ1) is 18.4. The first-order valence-corrected chi connectivity index (χ1v) is 7.80. The molecule has 2 aromatic rings. The normalized spacial score (nSPS) is 13.8. The minimum atomic E-state index is -1.56. The van der Waals surface area contributed by atoms with Gasteiger partial charge in [0.05, 0.1) is 0 Å². The fraction of sp³-hybridized carbons (Fsp3) is 0.316. The highest BCUT2D eigenvalue weighted by Crippen LogP contribution is 2.28. The van der Waals surface area contributed by atoms with Crippen LogP contribution in [0.2, 0.25) is 0 Å². The lowest BCUT2D eigenvalue weighted by atomic mass is 9.88. The Kier molecular flexibility index (Phi) is 4.83. The summed E-state index contributed by atoms with van der Waals surface area (Å²) in [5.41, 5.74) is -1.13. The van der Waals surface area contributed by atoms with Crippen molar-refractivity contribution in [1.82, 2.24) is 5.32 Å². The number of hydrogen-bond donors (Lipinski definition) is 2. The number of hydrogen-bond acceptors (Lipinski definition) is 4. The van der Waals surface area contributed by atoms with Crippen LogP contribution in [0.4, 0.5) is 0 Å². The van der Waals surface area contributed by atoms with Gasteiger partial charge in [-0.15, -0.1) is 0 Å². The number of carbonyl (C=O) groups excluding carboxylic acids is 2. The summed E-state index contributed by atoms with van der Waals surface area (Å²) in [6.07, 6.45) is 0.612. The number of benzene rings is 1. The zero-order chi connectivity index (χ0) is 18.8. The molecule has 2 rings (SSSR count). The van der Waals surface area contributed by atoms with E-state index in [0.717, 1.165) is 0 Å². The van der Waals surface area contributed by atoms with E-state index in [2.05, 4.69) is 5.32 Å². The molecular formula is C19H21NO5. The second-order valence-corrected chi connectivity index (χ2v) is 7.03. The van der Waals surface area contributed by atoms with Crippen LogP contribution in [0, 0.1) is 5.41 Å². The summed E-state index contributed by atoms with van der Waals surface area (Å²) < 4.78 is 5.35. The molecule has 1 heterocycles. The molecule has 6 nitrogen and oxygen atoms in total. The predicted molar refractivity (Wildman–Crippen MR) is 92.1 cm³/mol. The van der Waals surface area contributed by atoms with Crippen LogP contribution in [0.1, 0.15) is 43.8 Å². The van der Waals surface area contributed by atoms with Crippen LogP contribution in [0.25, 0.3) is 11.3 Å². The van der Waals surface area contributed by atoms with Crippen molar-refractivity contribution in [2.45, 2.75) is 33.2 Å². The van der Waals surface area contributed by atoms with Crippen molar-refractivity contribution in [3.8, 4) is 11.3 Å². The van der Waals surface area contributed by atoms with Crippen molar-refractivity contribution in [2.24, 2.45) is 5.41 Å². The molecule has 0 spiro atoms. The van der Waals surface area contributed by atoms with Gasteiger partial charge in [-0.3, -0.25) is 9.59 Å². The molecule has 0 aliphatic carbocycles. The first-order chi connectivity index (χ1) is 11.6.